The number of hydrogen-bond donors (Lipinski definition) is 3. The van der Waals surface area contributed by atoms with Crippen LogP contribution in [0.3, 0.4) is 0 Å². The second-order valence-corrected chi connectivity index (χ2v) is 6.49. The van der Waals surface area contributed by atoms with Crippen molar-refractivity contribution >= 4 is 10.8 Å². The fourth-order valence-electron chi connectivity index (χ4n) is 2.64. The third-order valence-corrected chi connectivity index (χ3v) is 5.11. The average molecular weight is 307 g/mol. The van der Waals surface area contributed by atoms with Crippen LogP contribution in [0.5, 0.6) is 11.5 Å². The number of nitrogens with one attached hydrogen (secondary N) is 1. The maximum atomic E-state index is 10.2. The number of fused-ring (bicyclic) bond motifs is 1. The molecule has 0 aromatic heterocycles. The van der Waals surface area contributed by atoms with Crippen molar-refractivity contribution in [3.63, 3.8) is 0 Å². The number of rotatable bonds is 3. The van der Waals surface area contributed by atoms with Crippen molar-refractivity contribution in [1.82, 2.24) is 4.72 Å². The van der Waals surface area contributed by atoms with Crippen LogP contribution in [0.25, 0.3) is 0 Å². The maximum absolute atomic E-state index is 10.2. The molecule has 0 saturated carbocycles. The normalized spacial score (nSPS) is 20.7. The third-order valence-electron chi connectivity index (χ3n) is 3.56. The summed E-state index contributed by atoms with van der Waals surface area (Å²) in [5.41, 5.74) is 1.64. The fraction of sp³-hybridized carbons (Fsp3) is 0.200. The molecule has 3 N–H and O–H groups in total. The Kier molecular flexibility index (Phi) is 3.54. The van der Waals surface area contributed by atoms with E-state index in [0.29, 0.717) is 16.4 Å². The van der Waals surface area contributed by atoms with Gasteiger partial charge in [0.05, 0.1) is 25.2 Å². The van der Waals surface area contributed by atoms with Gasteiger partial charge in [0.2, 0.25) is 0 Å². The molecule has 21 heavy (non-hydrogen) atoms. The summed E-state index contributed by atoms with van der Waals surface area (Å²) >= 11 is 0. The predicted molar refractivity (Wildman–Crippen MR) is 82.1 cm³/mol. The van der Waals surface area contributed by atoms with Crippen molar-refractivity contribution in [2.45, 2.75) is 10.9 Å². The van der Waals surface area contributed by atoms with Crippen molar-refractivity contribution in [1.29, 1.82) is 0 Å². The topological polar surface area (TPSA) is 71.0 Å². The zero-order valence-corrected chi connectivity index (χ0v) is 12.6. The molecule has 1 unspecified atom stereocenters. The molecule has 112 valence electrons. The maximum Gasteiger partial charge on any atom is 0.165 e. The van der Waals surface area contributed by atoms with E-state index in [2.05, 4.69) is 4.72 Å². The number of para-hydroxylation sites is 1. The SMILES string of the molecule is COc1cccc(C2NS(O)(O)c3ccccc32)c1OC. The summed E-state index contributed by atoms with van der Waals surface area (Å²) in [6.45, 7) is 0. The van der Waals surface area contributed by atoms with E-state index in [4.69, 9.17) is 9.47 Å². The van der Waals surface area contributed by atoms with Crippen molar-refractivity contribution in [2.75, 3.05) is 14.2 Å². The Labute approximate surface area is 125 Å². The van der Waals surface area contributed by atoms with Crippen molar-refractivity contribution in [2.24, 2.45) is 0 Å². The van der Waals surface area contributed by atoms with E-state index in [1.54, 1.807) is 32.4 Å². The number of ether oxygens (including phenoxy) is 2. The standard InChI is InChI=1S/C15H17NO4S/c1-19-12-8-5-7-11(15(12)20-2)14-10-6-3-4-9-13(10)21(17,18)16-14/h3-9,14,16-18H,1-2H3. The minimum atomic E-state index is -2.99. The van der Waals surface area contributed by atoms with Crippen LogP contribution in [0, 0.1) is 0 Å². The summed E-state index contributed by atoms with van der Waals surface area (Å²) < 4.78 is 34.1. The highest BCUT2D eigenvalue weighted by atomic mass is 32.3. The number of benzene rings is 2. The molecule has 2 aromatic carbocycles. The van der Waals surface area contributed by atoms with Gasteiger partial charge in [-0.05, 0) is 17.7 Å². The molecular weight excluding hydrogens is 290 g/mol. The van der Waals surface area contributed by atoms with E-state index in [0.717, 1.165) is 11.1 Å². The molecule has 0 saturated heterocycles. The summed E-state index contributed by atoms with van der Waals surface area (Å²) in [4.78, 5) is 0.528. The highest BCUT2D eigenvalue weighted by Gasteiger charge is 2.36. The molecule has 0 radical (unpaired) electrons. The molecule has 3 rings (SSSR count). The van der Waals surface area contributed by atoms with Gasteiger partial charge in [-0.2, -0.15) is 0 Å². The van der Waals surface area contributed by atoms with Crippen LogP contribution in [0.4, 0.5) is 0 Å². The minimum Gasteiger partial charge on any atom is -0.493 e. The lowest BCUT2D eigenvalue weighted by molar-refractivity contribution is 0.350. The fourth-order valence-corrected chi connectivity index (χ4v) is 4.13. The minimum absolute atomic E-state index is 0.351. The Bertz CT molecular complexity index is 674. The van der Waals surface area contributed by atoms with E-state index in [9.17, 15) is 9.11 Å². The van der Waals surface area contributed by atoms with Crippen LogP contribution in [-0.4, -0.2) is 23.3 Å². The van der Waals surface area contributed by atoms with Crippen molar-refractivity contribution < 1.29 is 18.6 Å². The zero-order valence-electron chi connectivity index (χ0n) is 11.7. The van der Waals surface area contributed by atoms with Gasteiger partial charge < -0.3 is 9.47 Å². The molecule has 1 heterocycles. The van der Waals surface area contributed by atoms with Gasteiger partial charge in [0, 0.05) is 5.56 Å². The first-order valence-corrected chi connectivity index (χ1v) is 7.98. The third kappa shape index (κ3) is 2.26. The lowest BCUT2D eigenvalue weighted by Crippen LogP contribution is -2.18. The quantitative estimate of drug-likeness (QED) is 0.810. The first-order chi connectivity index (χ1) is 10.1. The molecule has 6 heteroatoms. The van der Waals surface area contributed by atoms with E-state index in [1.165, 1.54) is 0 Å². The van der Waals surface area contributed by atoms with E-state index >= 15 is 0 Å². The number of methoxy groups -OCH3 is 2. The highest BCUT2D eigenvalue weighted by Crippen LogP contribution is 2.57. The van der Waals surface area contributed by atoms with Gasteiger partial charge in [0.25, 0.3) is 0 Å². The van der Waals surface area contributed by atoms with E-state index < -0.39 is 10.8 Å². The second kappa shape index (κ2) is 5.23. The lowest BCUT2D eigenvalue weighted by Gasteiger charge is -2.28. The predicted octanol–water partition coefficient (Wildman–Crippen LogP) is 3.42. The molecule has 0 spiro atoms. The van der Waals surface area contributed by atoms with Gasteiger partial charge in [-0.1, -0.05) is 30.3 Å². The lowest BCUT2D eigenvalue weighted by atomic mass is 9.98. The molecule has 0 amide bonds. The number of hydrogen-bond acceptors (Lipinski definition) is 5. The highest BCUT2D eigenvalue weighted by molar-refractivity contribution is 8.23. The first kappa shape index (κ1) is 14.2. The summed E-state index contributed by atoms with van der Waals surface area (Å²) in [5.74, 6) is 1.20. The van der Waals surface area contributed by atoms with Crippen LogP contribution in [0.1, 0.15) is 17.2 Å². The molecule has 1 atom stereocenters. The smallest absolute Gasteiger partial charge is 0.165 e. The van der Waals surface area contributed by atoms with Crippen molar-refractivity contribution in [3.8, 4) is 11.5 Å². The average Bonchev–Trinajstić information content (AvgIpc) is 2.78. The van der Waals surface area contributed by atoms with Crippen LogP contribution in [-0.2, 0) is 0 Å². The molecule has 2 aromatic rings. The monoisotopic (exact) mass is 307 g/mol. The second-order valence-electron chi connectivity index (χ2n) is 4.72. The summed E-state index contributed by atoms with van der Waals surface area (Å²) in [6.07, 6.45) is 0. The van der Waals surface area contributed by atoms with Gasteiger partial charge in [0.15, 0.2) is 11.5 Å². The van der Waals surface area contributed by atoms with Crippen LogP contribution in [0.15, 0.2) is 47.4 Å². The molecule has 0 aliphatic carbocycles. The largest absolute Gasteiger partial charge is 0.493 e. The van der Waals surface area contributed by atoms with Crippen LogP contribution < -0.4 is 14.2 Å². The van der Waals surface area contributed by atoms with E-state index in [-0.39, 0.29) is 6.04 Å². The van der Waals surface area contributed by atoms with Gasteiger partial charge in [-0.3, -0.25) is 9.11 Å². The van der Waals surface area contributed by atoms with E-state index in [1.807, 2.05) is 24.3 Å². The van der Waals surface area contributed by atoms with Crippen molar-refractivity contribution in [3.05, 3.63) is 53.6 Å². The molecular formula is C15H17NO4S. The molecule has 0 fully saturated rings. The Balaban J connectivity index is 2.15. The van der Waals surface area contributed by atoms with Gasteiger partial charge in [-0.15, -0.1) is 10.8 Å². The Morgan fingerprint density at radius 3 is 2.38 bits per heavy atom. The van der Waals surface area contributed by atoms with Gasteiger partial charge in [0.1, 0.15) is 0 Å². The van der Waals surface area contributed by atoms with Crippen LogP contribution >= 0.6 is 10.8 Å². The zero-order chi connectivity index (χ0) is 15.0. The molecule has 0 bridgehead atoms. The summed E-state index contributed by atoms with van der Waals surface area (Å²) in [6, 6.07) is 12.5. The van der Waals surface area contributed by atoms with Gasteiger partial charge in [-0.25, -0.2) is 4.72 Å². The van der Waals surface area contributed by atoms with Crippen LogP contribution in [0.2, 0.25) is 0 Å². The Hall–Kier alpha value is -1.73. The Morgan fingerprint density at radius 2 is 1.67 bits per heavy atom. The summed E-state index contributed by atoms with van der Waals surface area (Å²) in [7, 11) is 0.151. The Morgan fingerprint density at radius 1 is 0.952 bits per heavy atom. The molecule has 1 aliphatic rings. The molecule has 5 nitrogen and oxygen atoms in total. The molecule has 1 aliphatic heterocycles. The first-order valence-electron chi connectivity index (χ1n) is 6.44. The summed E-state index contributed by atoms with van der Waals surface area (Å²) in [5, 5.41) is 0. The van der Waals surface area contributed by atoms with Gasteiger partial charge >= 0.3 is 0 Å².